The summed E-state index contributed by atoms with van der Waals surface area (Å²) >= 11 is 0. The lowest BCUT2D eigenvalue weighted by molar-refractivity contribution is -0.115. The van der Waals surface area contributed by atoms with Crippen LogP contribution < -0.4 is 16.0 Å². The standard InChI is InChI=1S/C15H22N4O2/c1-11-4-2-5-12(8-11)19-15(21)17-10-14(20)18-13-6-3-7-16-9-13/h3,6-7,9,11-12H,2,4-5,8,10H2,1H3,(H,18,20)(H2,17,19,21)/t11-,12-/m1/s1. The van der Waals surface area contributed by atoms with E-state index in [0.717, 1.165) is 19.3 Å². The molecule has 1 aliphatic carbocycles. The number of carbonyl (C=O) groups excluding carboxylic acids is 2. The molecule has 0 aliphatic heterocycles. The Labute approximate surface area is 124 Å². The smallest absolute Gasteiger partial charge is 0.315 e. The maximum atomic E-state index is 11.8. The molecule has 0 unspecified atom stereocenters. The fourth-order valence-electron chi connectivity index (χ4n) is 2.60. The van der Waals surface area contributed by atoms with Gasteiger partial charge in [0.2, 0.25) is 5.91 Å². The van der Waals surface area contributed by atoms with Gasteiger partial charge in [0.15, 0.2) is 0 Å². The molecule has 6 nitrogen and oxygen atoms in total. The molecule has 2 rings (SSSR count). The number of anilines is 1. The van der Waals surface area contributed by atoms with E-state index in [9.17, 15) is 9.59 Å². The van der Waals surface area contributed by atoms with Gasteiger partial charge in [-0.1, -0.05) is 19.8 Å². The molecule has 1 saturated carbocycles. The van der Waals surface area contributed by atoms with E-state index >= 15 is 0 Å². The largest absolute Gasteiger partial charge is 0.335 e. The van der Waals surface area contributed by atoms with Crippen LogP contribution in [0.15, 0.2) is 24.5 Å². The highest BCUT2D eigenvalue weighted by Gasteiger charge is 2.20. The summed E-state index contributed by atoms with van der Waals surface area (Å²) in [6.07, 6.45) is 7.59. The molecule has 21 heavy (non-hydrogen) atoms. The lowest BCUT2D eigenvalue weighted by Crippen LogP contribution is -2.46. The second kappa shape index (κ2) is 7.61. The van der Waals surface area contributed by atoms with Crippen molar-refractivity contribution in [2.75, 3.05) is 11.9 Å². The molecule has 0 aromatic carbocycles. The van der Waals surface area contributed by atoms with E-state index in [-0.39, 0.29) is 24.5 Å². The number of nitrogens with one attached hydrogen (secondary N) is 3. The minimum absolute atomic E-state index is 0.0526. The van der Waals surface area contributed by atoms with E-state index in [4.69, 9.17) is 0 Å². The quantitative estimate of drug-likeness (QED) is 0.792. The van der Waals surface area contributed by atoms with E-state index in [1.165, 1.54) is 6.42 Å². The van der Waals surface area contributed by atoms with Crippen molar-refractivity contribution in [3.8, 4) is 0 Å². The van der Waals surface area contributed by atoms with Gasteiger partial charge in [-0.15, -0.1) is 0 Å². The molecule has 1 aromatic rings. The third-order valence-corrected chi connectivity index (χ3v) is 3.63. The Morgan fingerprint density at radius 3 is 2.95 bits per heavy atom. The molecule has 114 valence electrons. The normalized spacial score (nSPS) is 21.4. The Kier molecular flexibility index (Phi) is 5.54. The summed E-state index contributed by atoms with van der Waals surface area (Å²) in [6.45, 7) is 2.15. The molecule has 1 aromatic heterocycles. The van der Waals surface area contributed by atoms with Crippen molar-refractivity contribution >= 4 is 17.6 Å². The first-order valence-electron chi connectivity index (χ1n) is 7.37. The van der Waals surface area contributed by atoms with Crippen LogP contribution >= 0.6 is 0 Å². The number of aromatic nitrogens is 1. The van der Waals surface area contributed by atoms with Gasteiger partial charge in [-0.3, -0.25) is 9.78 Å². The number of amides is 3. The fourth-order valence-corrected chi connectivity index (χ4v) is 2.60. The zero-order valence-corrected chi connectivity index (χ0v) is 12.3. The average Bonchev–Trinajstić information content (AvgIpc) is 2.46. The highest BCUT2D eigenvalue weighted by molar-refractivity contribution is 5.94. The Bertz CT molecular complexity index is 478. The molecule has 3 amide bonds. The summed E-state index contributed by atoms with van der Waals surface area (Å²) in [5.41, 5.74) is 0.616. The molecule has 2 atom stereocenters. The van der Waals surface area contributed by atoms with Gasteiger partial charge in [0.25, 0.3) is 0 Å². The Balaban J connectivity index is 1.67. The molecule has 6 heteroatoms. The monoisotopic (exact) mass is 290 g/mol. The molecule has 0 bridgehead atoms. The summed E-state index contributed by atoms with van der Waals surface area (Å²) in [5, 5.41) is 8.17. The maximum absolute atomic E-state index is 11.8. The average molecular weight is 290 g/mol. The fraction of sp³-hybridized carbons (Fsp3) is 0.533. The van der Waals surface area contributed by atoms with Crippen molar-refractivity contribution in [2.24, 2.45) is 5.92 Å². The van der Waals surface area contributed by atoms with Crippen LogP contribution in [0.4, 0.5) is 10.5 Å². The van der Waals surface area contributed by atoms with Crippen LogP contribution in [-0.2, 0) is 4.79 Å². The van der Waals surface area contributed by atoms with Gasteiger partial charge in [0, 0.05) is 12.2 Å². The van der Waals surface area contributed by atoms with E-state index in [0.29, 0.717) is 11.6 Å². The highest BCUT2D eigenvalue weighted by atomic mass is 16.2. The Morgan fingerprint density at radius 1 is 1.38 bits per heavy atom. The lowest BCUT2D eigenvalue weighted by Gasteiger charge is -2.27. The van der Waals surface area contributed by atoms with Gasteiger partial charge in [-0.25, -0.2) is 4.79 Å². The van der Waals surface area contributed by atoms with Gasteiger partial charge in [0.1, 0.15) is 0 Å². The molecule has 0 spiro atoms. The molecule has 0 radical (unpaired) electrons. The maximum Gasteiger partial charge on any atom is 0.315 e. The first kappa shape index (κ1) is 15.3. The number of carbonyl (C=O) groups is 2. The molecular weight excluding hydrogens is 268 g/mol. The van der Waals surface area contributed by atoms with Crippen molar-refractivity contribution in [1.82, 2.24) is 15.6 Å². The Morgan fingerprint density at radius 2 is 2.24 bits per heavy atom. The summed E-state index contributed by atoms with van der Waals surface area (Å²) in [4.78, 5) is 27.3. The van der Waals surface area contributed by atoms with Crippen LogP contribution in [0.25, 0.3) is 0 Å². The second-order valence-electron chi connectivity index (χ2n) is 5.59. The lowest BCUT2D eigenvalue weighted by atomic mass is 9.87. The van der Waals surface area contributed by atoms with E-state index in [2.05, 4.69) is 27.9 Å². The van der Waals surface area contributed by atoms with Crippen LogP contribution in [0, 0.1) is 5.92 Å². The number of urea groups is 1. The number of rotatable bonds is 4. The van der Waals surface area contributed by atoms with Crippen molar-refractivity contribution in [2.45, 2.75) is 38.6 Å². The second-order valence-corrected chi connectivity index (χ2v) is 5.59. The van der Waals surface area contributed by atoms with E-state index in [1.54, 1.807) is 24.5 Å². The summed E-state index contributed by atoms with van der Waals surface area (Å²) < 4.78 is 0. The third-order valence-electron chi connectivity index (χ3n) is 3.63. The van der Waals surface area contributed by atoms with Crippen LogP contribution in [0.1, 0.15) is 32.6 Å². The Hall–Kier alpha value is -2.11. The van der Waals surface area contributed by atoms with Crippen molar-refractivity contribution in [3.63, 3.8) is 0 Å². The first-order valence-corrected chi connectivity index (χ1v) is 7.37. The molecule has 1 aliphatic rings. The minimum Gasteiger partial charge on any atom is -0.335 e. The van der Waals surface area contributed by atoms with Crippen LogP contribution in [0.5, 0.6) is 0 Å². The van der Waals surface area contributed by atoms with Crippen molar-refractivity contribution in [3.05, 3.63) is 24.5 Å². The molecule has 1 heterocycles. The molecule has 1 fully saturated rings. The predicted molar refractivity (Wildman–Crippen MR) is 80.8 cm³/mol. The third kappa shape index (κ3) is 5.41. The predicted octanol–water partition coefficient (Wildman–Crippen LogP) is 1.90. The molecular formula is C15H22N4O2. The van der Waals surface area contributed by atoms with Gasteiger partial charge >= 0.3 is 6.03 Å². The van der Waals surface area contributed by atoms with E-state index < -0.39 is 0 Å². The first-order chi connectivity index (χ1) is 10.1. The van der Waals surface area contributed by atoms with Crippen molar-refractivity contribution in [1.29, 1.82) is 0 Å². The van der Waals surface area contributed by atoms with Gasteiger partial charge in [-0.05, 0) is 30.9 Å². The SMILES string of the molecule is C[C@@H]1CCC[C@@H](NC(=O)NCC(=O)Nc2cccnc2)C1. The van der Waals surface area contributed by atoms with Crippen LogP contribution in [0.2, 0.25) is 0 Å². The zero-order chi connectivity index (χ0) is 15.1. The zero-order valence-electron chi connectivity index (χ0n) is 12.3. The highest BCUT2D eigenvalue weighted by Crippen LogP contribution is 2.23. The summed E-state index contributed by atoms with van der Waals surface area (Å²) in [7, 11) is 0. The summed E-state index contributed by atoms with van der Waals surface area (Å²) in [6, 6.07) is 3.42. The molecule has 3 N–H and O–H groups in total. The minimum atomic E-state index is -0.282. The van der Waals surface area contributed by atoms with Crippen LogP contribution in [-0.4, -0.2) is 29.5 Å². The molecule has 0 saturated heterocycles. The topological polar surface area (TPSA) is 83.1 Å². The number of nitrogens with zero attached hydrogens (tertiary/aromatic N) is 1. The number of pyridine rings is 1. The number of hydrogen-bond acceptors (Lipinski definition) is 3. The van der Waals surface area contributed by atoms with Gasteiger partial charge < -0.3 is 16.0 Å². The van der Waals surface area contributed by atoms with Crippen molar-refractivity contribution < 1.29 is 9.59 Å². The number of hydrogen-bond donors (Lipinski definition) is 3. The van der Waals surface area contributed by atoms with Crippen LogP contribution in [0.3, 0.4) is 0 Å². The van der Waals surface area contributed by atoms with Gasteiger partial charge in [-0.2, -0.15) is 0 Å². The van der Waals surface area contributed by atoms with E-state index in [1.807, 2.05) is 0 Å². The van der Waals surface area contributed by atoms with Gasteiger partial charge in [0.05, 0.1) is 18.4 Å². The summed E-state index contributed by atoms with van der Waals surface area (Å²) in [5.74, 6) is 0.382.